The van der Waals surface area contributed by atoms with Crippen LogP contribution in [0.5, 0.6) is 0 Å². The Kier molecular flexibility index (Phi) is 7.48. The van der Waals surface area contributed by atoms with Crippen molar-refractivity contribution in [2.24, 2.45) is 0 Å². The minimum absolute atomic E-state index is 1.03. The highest BCUT2D eigenvalue weighted by Crippen LogP contribution is 2.23. The first kappa shape index (κ1) is 20.4. The zero-order valence-corrected chi connectivity index (χ0v) is 17.8. The predicted octanol–water partition coefficient (Wildman–Crippen LogP) is 7.61. The Hall–Kier alpha value is -2.34. The van der Waals surface area contributed by atoms with Crippen LogP contribution in [0, 0.1) is 13.8 Å². The molecule has 0 aliphatic heterocycles. The lowest BCUT2D eigenvalue weighted by Gasteiger charge is -2.14. The maximum atomic E-state index is 2.48. The molecular formula is C28H34. The highest BCUT2D eigenvalue weighted by Gasteiger charge is 2.08. The van der Waals surface area contributed by atoms with Crippen LogP contribution in [0.4, 0.5) is 0 Å². The van der Waals surface area contributed by atoms with Gasteiger partial charge in [0.2, 0.25) is 0 Å². The van der Waals surface area contributed by atoms with Crippen LogP contribution in [0.1, 0.15) is 71.6 Å². The monoisotopic (exact) mass is 370 g/mol. The molecule has 0 N–H and O–H groups in total. The van der Waals surface area contributed by atoms with Crippen molar-refractivity contribution in [1.82, 2.24) is 0 Å². The first-order chi connectivity index (χ1) is 13.7. The lowest BCUT2D eigenvalue weighted by Crippen LogP contribution is -2.01. The topological polar surface area (TPSA) is 0 Å². The fourth-order valence-corrected chi connectivity index (χ4v) is 3.98. The van der Waals surface area contributed by atoms with E-state index >= 15 is 0 Å². The Morgan fingerprint density at radius 3 is 1.86 bits per heavy atom. The summed E-state index contributed by atoms with van der Waals surface area (Å²) in [6.45, 7) is 6.72. The summed E-state index contributed by atoms with van der Waals surface area (Å²) in [5, 5.41) is 0. The van der Waals surface area contributed by atoms with Crippen LogP contribution in [0.25, 0.3) is 0 Å². The van der Waals surface area contributed by atoms with Gasteiger partial charge in [-0.3, -0.25) is 0 Å². The molecule has 0 bridgehead atoms. The molecule has 0 radical (unpaired) electrons. The van der Waals surface area contributed by atoms with Gasteiger partial charge in [-0.25, -0.2) is 0 Å². The van der Waals surface area contributed by atoms with Crippen molar-refractivity contribution in [2.45, 2.75) is 65.7 Å². The molecule has 0 heterocycles. The van der Waals surface area contributed by atoms with E-state index in [4.69, 9.17) is 0 Å². The van der Waals surface area contributed by atoms with Gasteiger partial charge in [-0.2, -0.15) is 0 Å². The van der Waals surface area contributed by atoms with E-state index in [1.807, 2.05) is 0 Å². The van der Waals surface area contributed by atoms with Crippen molar-refractivity contribution in [3.8, 4) is 0 Å². The van der Waals surface area contributed by atoms with Gasteiger partial charge in [-0.15, -0.1) is 0 Å². The summed E-state index contributed by atoms with van der Waals surface area (Å²) in [7, 11) is 0. The third-order valence-corrected chi connectivity index (χ3v) is 5.87. The Morgan fingerprint density at radius 1 is 0.571 bits per heavy atom. The molecule has 0 fully saturated rings. The summed E-state index contributed by atoms with van der Waals surface area (Å²) in [4.78, 5) is 0. The third-order valence-electron chi connectivity index (χ3n) is 5.87. The molecule has 0 amide bonds. The van der Waals surface area contributed by atoms with Crippen molar-refractivity contribution in [2.75, 3.05) is 0 Å². The molecule has 0 aliphatic rings. The molecule has 0 saturated heterocycles. The number of hydrogen-bond acceptors (Lipinski definition) is 0. The van der Waals surface area contributed by atoms with Gasteiger partial charge < -0.3 is 0 Å². The first-order valence-electron chi connectivity index (χ1n) is 10.9. The SMILES string of the molecule is CCCCCCc1cc(Cc2ccccc2C)ccc1Cc1ccccc1C. The standard InChI is InChI=1S/C28H34/c1-4-5-6-7-16-27-20-24(19-25-14-10-8-12-22(25)2)17-18-28(27)21-26-15-11-9-13-23(26)3/h8-15,17-18,20H,4-7,16,19,21H2,1-3H3. The van der Waals surface area contributed by atoms with Gasteiger partial charge in [0, 0.05) is 0 Å². The molecular weight excluding hydrogens is 336 g/mol. The van der Waals surface area contributed by atoms with E-state index in [1.165, 1.54) is 65.5 Å². The molecule has 0 aliphatic carbocycles. The maximum absolute atomic E-state index is 2.48. The summed E-state index contributed by atoms with van der Waals surface area (Å²) >= 11 is 0. The van der Waals surface area contributed by atoms with Gasteiger partial charge in [0.25, 0.3) is 0 Å². The van der Waals surface area contributed by atoms with E-state index in [0.717, 1.165) is 12.8 Å². The van der Waals surface area contributed by atoms with Crippen LogP contribution >= 0.6 is 0 Å². The smallest absolute Gasteiger partial charge is 0.00204 e. The normalized spacial score (nSPS) is 11.0. The highest BCUT2D eigenvalue weighted by molar-refractivity contribution is 5.40. The van der Waals surface area contributed by atoms with Crippen molar-refractivity contribution < 1.29 is 0 Å². The van der Waals surface area contributed by atoms with Gasteiger partial charge in [0.15, 0.2) is 0 Å². The lowest BCUT2D eigenvalue weighted by atomic mass is 9.91. The molecule has 146 valence electrons. The molecule has 0 atom stereocenters. The maximum Gasteiger partial charge on any atom is -0.00204 e. The number of unbranched alkanes of at least 4 members (excludes halogenated alkanes) is 3. The van der Waals surface area contributed by atoms with E-state index in [9.17, 15) is 0 Å². The Bertz CT molecular complexity index is 888. The minimum Gasteiger partial charge on any atom is -0.0654 e. The second-order valence-electron chi connectivity index (χ2n) is 8.12. The van der Waals surface area contributed by atoms with Crippen LogP contribution in [-0.4, -0.2) is 0 Å². The van der Waals surface area contributed by atoms with E-state index in [-0.39, 0.29) is 0 Å². The average molecular weight is 371 g/mol. The van der Waals surface area contributed by atoms with Crippen LogP contribution in [0.2, 0.25) is 0 Å². The molecule has 3 aromatic carbocycles. The minimum atomic E-state index is 1.03. The molecule has 3 aromatic rings. The number of benzene rings is 3. The molecule has 0 saturated carbocycles. The summed E-state index contributed by atoms with van der Waals surface area (Å²) < 4.78 is 0. The number of aryl methyl sites for hydroxylation is 3. The second-order valence-corrected chi connectivity index (χ2v) is 8.12. The fraction of sp³-hybridized carbons (Fsp3) is 0.357. The largest absolute Gasteiger partial charge is 0.0654 e. The van der Waals surface area contributed by atoms with Crippen LogP contribution in [-0.2, 0) is 19.3 Å². The summed E-state index contributed by atoms with van der Waals surface area (Å²) in [6.07, 6.45) is 8.53. The number of rotatable bonds is 9. The van der Waals surface area contributed by atoms with Crippen molar-refractivity contribution in [3.05, 3.63) is 106 Å². The van der Waals surface area contributed by atoms with Gasteiger partial charge in [0.1, 0.15) is 0 Å². The molecule has 0 unspecified atom stereocenters. The summed E-state index contributed by atoms with van der Waals surface area (Å²) in [6, 6.07) is 24.8. The van der Waals surface area contributed by atoms with Gasteiger partial charge in [-0.1, -0.05) is 92.9 Å². The summed E-state index contributed by atoms with van der Waals surface area (Å²) in [5.41, 5.74) is 10.1. The average Bonchev–Trinajstić information content (AvgIpc) is 2.70. The van der Waals surface area contributed by atoms with E-state index < -0.39 is 0 Å². The van der Waals surface area contributed by atoms with E-state index in [0.29, 0.717) is 0 Å². The second kappa shape index (κ2) is 10.3. The van der Waals surface area contributed by atoms with Gasteiger partial charge >= 0.3 is 0 Å². The predicted molar refractivity (Wildman–Crippen MR) is 122 cm³/mol. The van der Waals surface area contributed by atoms with Crippen molar-refractivity contribution in [1.29, 1.82) is 0 Å². The molecule has 0 aromatic heterocycles. The third kappa shape index (κ3) is 5.58. The van der Waals surface area contributed by atoms with Crippen LogP contribution in [0.15, 0.2) is 66.7 Å². The van der Waals surface area contributed by atoms with Gasteiger partial charge in [-0.05, 0) is 78.5 Å². The van der Waals surface area contributed by atoms with Crippen molar-refractivity contribution in [3.63, 3.8) is 0 Å². The number of hydrogen-bond donors (Lipinski definition) is 0. The quantitative estimate of drug-likeness (QED) is 0.340. The zero-order chi connectivity index (χ0) is 19.8. The van der Waals surface area contributed by atoms with Crippen LogP contribution in [0.3, 0.4) is 0 Å². The Balaban J connectivity index is 1.83. The fourth-order valence-electron chi connectivity index (χ4n) is 3.98. The molecule has 0 nitrogen and oxygen atoms in total. The molecule has 0 heteroatoms. The zero-order valence-electron chi connectivity index (χ0n) is 17.8. The molecule has 0 spiro atoms. The summed E-state index contributed by atoms with van der Waals surface area (Å²) in [5.74, 6) is 0. The molecule has 28 heavy (non-hydrogen) atoms. The molecule has 3 rings (SSSR count). The highest BCUT2D eigenvalue weighted by atomic mass is 14.1. The van der Waals surface area contributed by atoms with Crippen LogP contribution < -0.4 is 0 Å². The van der Waals surface area contributed by atoms with E-state index in [1.54, 1.807) is 5.56 Å². The van der Waals surface area contributed by atoms with Crippen molar-refractivity contribution >= 4 is 0 Å². The lowest BCUT2D eigenvalue weighted by molar-refractivity contribution is 0.664. The first-order valence-corrected chi connectivity index (χ1v) is 10.9. The Morgan fingerprint density at radius 2 is 1.21 bits per heavy atom. The Labute approximate surface area is 171 Å². The van der Waals surface area contributed by atoms with E-state index in [2.05, 4.69) is 87.5 Å². The van der Waals surface area contributed by atoms with Gasteiger partial charge in [0.05, 0.1) is 0 Å².